The molecule has 1 aliphatic rings. The summed E-state index contributed by atoms with van der Waals surface area (Å²) in [5, 5.41) is 9.64. The highest BCUT2D eigenvalue weighted by Gasteiger charge is 2.23. The molecule has 3 rings (SSSR count). The number of hydrogen-bond acceptors (Lipinski definition) is 3. The predicted molar refractivity (Wildman–Crippen MR) is 97.0 cm³/mol. The average molecular weight is 332 g/mol. The molecule has 0 bridgehead atoms. The van der Waals surface area contributed by atoms with Crippen LogP contribution in [0.3, 0.4) is 0 Å². The van der Waals surface area contributed by atoms with Crippen molar-refractivity contribution in [2.45, 2.75) is 18.9 Å². The smallest absolute Gasteiger partial charge is 0.245 e. The van der Waals surface area contributed by atoms with Crippen LogP contribution in [-0.4, -0.2) is 30.0 Å². The zero-order valence-corrected chi connectivity index (χ0v) is 14.0. The van der Waals surface area contributed by atoms with E-state index in [2.05, 4.69) is 12.6 Å². The zero-order chi connectivity index (χ0) is 17.6. The molecule has 0 spiro atoms. The van der Waals surface area contributed by atoms with E-state index < -0.39 is 0 Å². The molecule has 0 aromatic heterocycles. The summed E-state index contributed by atoms with van der Waals surface area (Å²) in [4.78, 5) is 13.4. The highest BCUT2D eigenvalue weighted by Crippen LogP contribution is 2.31. The summed E-state index contributed by atoms with van der Waals surface area (Å²) in [6, 6.07) is 17.8. The fourth-order valence-electron chi connectivity index (χ4n) is 3.11. The van der Waals surface area contributed by atoms with Crippen LogP contribution in [-0.2, 0) is 4.79 Å². The van der Waals surface area contributed by atoms with Crippen LogP contribution in [0.4, 0.5) is 0 Å². The van der Waals surface area contributed by atoms with Crippen LogP contribution >= 0.6 is 0 Å². The third-order valence-electron chi connectivity index (χ3n) is 4.44. The Morgan fingerprint density at radius 1 is 1.16 bits per heavy atom. The summed E-state index contributed by atoms with van der Waals surface area (Å²) in [6.07, 6.45) is 2.85. The number of carbonyl (C=O) groups is 1. The van der Waals surface area contributed by atoms with Gasteiger partial charge in [-0.05, 0) is 17.7 Å². The number of likely N-dealkylation sites (tertiary alicyclic amines) is 1. The first-order chi connectivity index (χ1) is 12.2. The van der Waals surface area contributed by atoms with Crippen LogP contribution in [0.15, 0.2) is 61.2 Å². The van der Waals surface area contributed by atoms with Crippen molar-refractivity contribution in [3.8, 4) is 22.9 Å². The molecule has 1 fully saturated rings. The van der Waals surface area contributed by atoms with Gasteiger partial charge in [-0.15, -0.1) is 0 Å². The lowest BCUT2D eigenvalue weighted by Gasteiger charge is -2.31. The van der Waals surface area contributed by atoms with Gasteiger partial charge in [0, 0.05) is 31.5 Å². The van der Waals surface area contributed by atoms with E-state index in [1.807, 2.05) is 48.5 Å². The van der Waals surface area contributed by atoms with E-state index in [-0.39, 0.29) is 12.0 Å². The standard InChI is InChI=1S/C21H20N2O2/c1-2-21(24)23-13-11-17(12-14-23)25-20-10-6-9-18(19(20)15-22)16-7-4-3-5-8-16/h2-10,17H,1,11-14H2. The van der Waals surface area contributed by atoms with E-state index in [4.69, 9.17) is 4.74 Å². The molecule has 4 heteroatoms. The Kier molecular flexibility index (Phi) is 5.15. The molecule has 1 saturated heterocycles. The van der Waals surface area contributed by atoms with E-state index in [1.54, 1.807) is 4.90 Å². The molecule has 4 nitrogen and oxygen atoms in total. The van der Waals surface area contributed by atoms with Crippen LogP contribution in [0.1, 0.15) is 18.4 Å². The van der Waals surface area contributed by atoms with Gasteiger partial charge in [-0.1, -0.05) is 49.0 Å². The summed E-state index contributed by atoms with van der Waals surface area (Å²) < 4.78 is 6.11. The third-order valence-corrected chi connectivity index (χ3v) is 4.44. The Labute approximate surface area is 148 Å². The number of benzene rings is 2. The maximum Gasteiger partial charge on any atom is 0.245 e. The van der Waals surface area contributed by atoms with Crippen molar-refractivity contribution in [3.63, 3.8) is 0 Å². The molecule has 1 amide bonds. The van der Waals surface area contributed by atoms with Crippen molar-refractivity contribution in [1.82, 2.24) is 4.90 Å². The lowest BCUT2D eigenvalue weighted by atomic mass is 9.99. The molecular weight excluding hydrogens is 312 g/mol. The maximum atomic E-state index is 11.7. The number of hydrogen-bond donors (Lipinski definition) is 0. The first-order valence-electron chi connectivity index (χ1n) is 8.39. The number of ether oxygens (including phenoxy) is 1. The molecule has 0 N–H and O–H groups in total. The van der Waals surface area contributed by atoms with Crippen LogP contribution in [0, 0.1) is 11.3 Å². The van der Waals surface area contributed by atoms with E-state index >= 15 is 0 Å². The molecule has 2 aromatic carbocycles. The Morgan fingerprint density at radius 2 is 1.88 bits per heavy atom. The number of piperidine rings is 1. The first-order valence-corrected chi connectivity index (χ1v) is 8.39. The van der Waals surface area contributed by atoms with Gasteiger partial charge in [0.2, 0.25) is 5.91 Å². The van der Waals surface area contributed by atoms with Crippen molar-refractivity contribution in [3.05, 3.63) is 66.7 Å². The van der Waals surface area contributed by atoms with Gasteiger partial charge in [0.1, 0.15) is 23.5 Å². The van der Waals surface area contributed by atoms with Crippen molar-refractivity contribution in [1.29, 1.82) is 5.26 Å². The second kappa shape index (κ2) is 7.67. The highest BCUT2D eigenvalue weighted by atomic mass is 16.5. The molecule has 1 aliphatic heterocycles. The van der Waals surface area contributed by atoms with Gasteiger partial charge < -0.3 is 9.64 Å². The molecule has 2 aromatic rings. The fourth-order valence-corrected chi connectivity index (χ4v) is 3.11. The Balaban J connectivity index is 1.77. The summed E-state index contributed by atoms with van der Waals surface area (Å²) in [5.74, 6) is 0.569. The molecular formula is C21H20N2O2. The number of nitriles is 1. The molecule has 25 heavy (non-hydrogen) atoms. The number of amides is 1. The van der Waals surface area contributed by atoms with Crippen molar-refractivity contribution >= 4 is 5.91 Å². The van der Waals surface area contributed by atoms with Crippen LogP contribution in [0.2, 0.25) is 0 Å². The van der Waals surface area contributed by atoms with Crippen LogP contribution in [0.25, 0.3) is 11.1 Å². The SMILES string of the molecule is C=CC(=O)N1CCC(Oc2cccc(-c3ccccc3)c2C#N)CC1. The van der Waals surface area contributed by atoms with E-state index in [0.29, 0.717) is 24.4 Å². The van der Waals surface area contributed by atoms with E-state index in [9.17, 15) is 10.1 Å². The first kappa shape index (κ1) is 16.8. The van der Waals surface area contributed by atoms with Gasteiger partial charge in [0.15, 0.2) is 0 Å². The van der Waals surface area contributed by atoms with Gasteiger partial charge in [-0.25, -0.2) is 0 Å². The summed E-state index contributed by atoms with van der Waals surface area (Å²) in [6.45, 7) is 4.82. The van der Waals surface area contributed by atoms with Crippen molar-refractivity contribution < 1.29 is 9.53 Å². The monoisotopic (exact) mass is 332 g/mol. The van der Waals surface area contributed by atoms with E-state index in [0.717, 1.165) is 24.0 Å². The summed E-state index contributed by atoms with van der Waals surface area (Å²) in [7, 11) is 0. The van der Waals surface area contributed by atoms with Crippen LogP contribution in [0.5, 0.6) is 5.75 Å². The quantitative estimate of drug-likeness (QED) is 0.801. The zero-order valence-electron chi connectivity index (χ0n) is 14.0. The molecule has 0 radical (unpaired) electrons. The summed E-state index contributed by atoms with van der Waals surface area (Å²) in [5.41, 5.74) is 2.43. The minimum atomic E-state index is -0.0396. The summed E-state index contributed by atoms with van der Waals surface area (Å²) >= 11 is 0. The Bertz CT molecular complexity index is 800. The van der Waals surface area contributed by atoms with Gasteiger partial charge in [0.05, 0.1) is 0 Å². The number of carbonyl (C=O) groups excluding carboxylic acids is 1. The van der Waals surface area contributed by atoms with Gasteiger partial charge >= 0.3 is 0 Å². The molecule has 0 saturated carbocycles. The van der Waals surface area contributed by atoms with E-state index in [1.165, 1.54) is 6.08 Å². The minimum Gasteiger partial charge on any atom is -0.489 e. The fraction of sp³-hybridized carbons (Fsp3) is 0.238. The molecule has 126 valence electrons. The topological polar surface area (TPSA) is 53.3 Å². The normalized spacial score (nSPS) is 14.6. The van der Waals surface area contributed by atoms with Crippen LogP contribution < -0.4 is 4.74 Å². The largest absolute Gasteiger partial charge is 0.489 e. The van der Waals surface area contributed by atoms with Crippen molar-refractivity contribution in [2.24, 2.45) is 0 Å². The number of rotatable bonds is 4. The van der Waals surface area contributed by atoms with Gasteiger partial charge in [-0.2, -0.15) is 5.26 Å². The van der Waals surface area contributed by atoms with Crippen molar-refractivity contribution in [2.75, 3.05) is 13.1 Å². The lowest BCUT2D eigenvalue weighted by molar-refractivity contribution is -0.127. The Hall–Kier alpha value is -3.06. The molecule has 0 atom stereocenters. The third kappa shape index (κ3) is 3.72. The molecule has 0 aliphatic carbocycles. The predicted octanol–water partition coefficient (Wildman–Crippen LogP) is 3.78. The lowest BCUT2D eigenvalue weighted by Crippen LogP contribution is -2.41. The minimum absolute atomic E-state index is 0.00647. The average Bonchev–Trinajstić information content (AvgIpc) is 2.68. The highest BCUT2D eigenvalue weighted by molar-refractivity contribution is 5.87. The molecule has 1 heterocycles. The second-order valence-electron chi connectivity index (χ2n) is 6.00. The maximum absolute atomic E-state index is 11.7. The Morgan fingerprint density at radius 3 is 2.52 bits per heavy atom. The van der Waals surface area contributed by atoms with Gasteiger partial charge in [-0.3, -0.25) is 4.79 Å². The second-order valence-corrected chi connectivity index (χ2v) is 6.00. The van der Waals surface area contributed by atoms with Gasteiger partial charge in [0.25, 0.3) is 0 Å². The number of nitrogens with zero attached hydrogens (tertiary/aromatic N) is 2. The molecule has 0 unspecified atom stereocenters.